The maximum atomic E-state index is 11.9. The average molecular weight is 529 g/mol. The fourth-order valence-corrected chi connectivity index (χ4v) is 5.60. The van der Waals surface area contributed by atoms with Crippen LogP contribution in [-0.4, -0.2) is 46.4 Å². The van der Waals surface area contributed by atoms with Gasteiger partial charge in [0, 0.05) is 25.7 Å². The number of hydrogen-bond donors (Lipinski definition) is 2. The number of ether oxygens (including phenoxy) is 1. The van der Waals surface area contributed by atoms with E-state index >= 15 is 0 Å². The van der Waals surface area contributed by atoms with Crippen molar-refractivity contribution in [2.24, 2.45) is 17.0 Å². The highest BCUT2D eigenvalue weighted by atomic mass is 32.2. The van der Waals surface area contributed by atoms with Gasteiger partial charge in [0.05, 0.1) is 16.5 Å². The number of sulfonamides is 1. The summed E-state index contributed by atoms with van der Waals surface area (Å²) in [5.41, 5.74) is 1.67. The first-order chi connectivity index (χ1) is 17.4. The molecule has 0 bridgehead atoms. The second-order valence-corrected chi connectivity index (χ2v) is 12.5. The highest BCUT2D eigenvalue weighted by Gasteiger charge is 2.24. The van der Waals surface area contributed by atoms with Crippen LogP contribution in [0.4, 0.5) is 4.79 Å². The number of rotatable bonds is 7. The van der Waals surface area contributed by atoms with Gasteiger partial charge in [0.1, 0.15) is 11.4 Å². The molecule has 3 N–H and O–H groups in total. The van der Waals surface area contributed by atoms with Crippen molar-refractivity contribution in [1.29, 1.82) is 0 Å². The van der Waals surface area contributed by atoms with Crippen LogP contribution >= 0.6 is 0 Å². The number of nitrogens with two attached hydrogens (primary N) is 1. The number of hydrogen-bond acceptors (Lipinski definition) is 7. The van der Waals surface area contributed by atoms with Gasteiger partial charge in [-0.05, 0) is 82.4 Å². The zero-order valence-electron chi connectivity index (χ0n) is 21.9. The van der Waals surface area contributed by atoms with Crippen molar-refractivity contribution in [1.82, 2.24) is 25.1 Å². The molecule has 3 aromatic rings. The van der Waals surface area contributed by atoms with Crippen molar-refractivity contribution in [3.8, 4) is 0 Å². The largest absolute Gasteiger partial charge is 0.444 e. The predicted molar refractivity (Wildman–Crippen MR) is 140 cm³/mol. The fourth-order valence-electron chi connectivity index (χ4n) is 4.77. The molecule has 1 aromatic carbocycles. The van der Waals surface area contributed by atoms with Crippen molar-refractivity contribution >= 4 is 27.1 Å². The first-order valence-electron chi connectivity index (χ1n) is 12.6. The van der Waals surface area contributed by atoms with Gasteiger partial charge in [-0.3, -0.25) is 0 Å². The summed E-state index contributed by atoms with van der Waals surface area (Å²) in [6, 6.07) is 5.20. The molecule has 0 saturated heterocycles. The molecular formula is C26H36N6O4S. The molecule has 1 saturated carbocycles. The molecule has 1 aliphatic rings. The number of nitrogens with zero attached hydrogens (tertiary/aromatic N) is 4. The minimum absolute atomic E-state index is 0.119. The molecule has 200 valence electrons. The minimum Gasteiger partial charge on any atom is -0.444 e. The second-order valence-electron chi connectivity index (χ2n) is 11.0. The summed E-state index contributed by atoms with van der Waals surface area (Å²) in [5.74, 6) is 1.52. The summed E-state index contributed by atoms with van der Waals surface area (Å²) in [6.07, 6.45) is 7.76. The van der Waals surface area contributed by atoms with Crippen LogP contribution in [0.3, 0.4) is 0 Å². The van der Waals surface area contributed by atoms with Crippen LogP contribution in [0.5, 0.6) is 0 Å². The van der Waals surface area contributed by atoms with Gasteiger partial charge < -0.3 is 10.1 Å². The first kappa shape index (κ1) is 27.0. The molecule has 0 atom stereocenters. The van der Waals surface area contributed by atoms with Crippen LogP contribution < -0.4 is 10.5 Å². The second kappa shape index (κ2) is 10.7. The summed E-state index contributed by atoms with van der Waals surface area (Å²) in [6.45, 7) is 8.70. The van der Waals surface area contributed by atoms with Crippen LogP contribution in [0.25, 0.3) is 11.0 Å². The van der Waals surface area contributed by atoms with E-state index in [2.05, 4.69) is 15.4 Å². The Kier molecular flexibility index (Phi) is 7.84. The number of alkyl carbamates (subject to hydrolysis) is 1. The summed E-state index contributed by atoms with van der Waals surface area (Å²) in [4.78, 5) is 21.3. The molecule has 4 rings (SSSR count). The van der Waals surface area contributed by atoms with Gasteiger partial charge in [0.2, 0.25) is 10.0 Å². The summed E-state index contributed by atoms with van der Waals surface area (Å²) in [7, 11) is -3.80. The van der Waals surface area contributed by atoms with E-state index in [0.29, 0.717) is 36.2 Å². The molecule has 37 heavy (non-hydrogen) atoms. The van der Waals surface area contributed by atoms with Gasteiger partial charge in [-0.25, -0.2) is 33.0 Å². The number of carbonyl (C=O) groups is 1. The van der Waals surface area contributed by atoms with E-state index in [-0.39, 0.29) is 11.0 Å². The van der Waals surface area contributed by atoms with Gasteiger partial charge in [-0.1, -0.05) is 12.1 Å². The Hall–Kier alpha value is -3.05. The molecular weight excluding hydrogens is 492 g/mol. The zero-order valence-corrected chi connectivity index (χ0v) is 22.7. The fraction of sp³-hybridized carbons (Fsp3) is 0.538. The molecule has 10 nitrogen and oxygen atoms in total. The molecule has 1 aliphatic carbocycles. The number of primary sulfonamides is 1. The predicted octanol–water partition coefficient (Wildman–Crippen LogP) is 3.70. The maximum Gasteiger partial charge on any atom is 0.407 e. The van der Waals surface area contributed by atoms with E-state index in [1.807, 2.05) is 31.5 Å². The van der Waals surface area contributed by atoms with E-state index in [1.165, 1.54) is 0 Å². The van der Waals surface area contributed by atoms with Crippen molar-refractivity contribution in [3.05, 3.63) is 47.5 Å². The Morgan fingerprint density at radius 2 is 1.86 bits per heavy atom. The number of carbonyl (C=O) groups excluding carboxylic acids is 1. The van der Waals surface area contributed by atoms with Crippen molar-refractivity contribution in [2.75, 3.05) is 6.54 Å². The summed E-state index contributed by atoms with van der Waals surface area (Å²) >= 11 is 0. The van der Waals surface area contributed by atoms with Gasteiger partial charge in [-0.2, -0.15) is 5.10 Å². The summed E-state index contributed by atoms with van der Waals surface area (Å²) < 4.78 is 31.0. The average Bonchev–Trinajstić information content (AvgIpc) is 3.20. The lowest BCUT2D eigenvalue weighted by Gasteiger charge is -2.29. The number of nitrogens with one attached hydrogen (secondary N) is 1. The van der Waals surface area contributed by atoms with Crippen LogP contribution in [0.15, 0.2) is 35.5 Å². The van der Waals surface area contributed by atoms with Crippen molar-refractivity contribution < 1.29 is 17.9 Å². The van der Waals surface area contributed by atoms with E-state index in [4.69, 9.17) is 14.9 Å². The van der Waals surface area contributed by atoms with E-state index in [1.54, 1.807) is 31.5 Å². The number of fused-ring (bicyclic) bond motifs is 1. The molecule has 11 heteroatoms. The van der Waals surface area contributed by atoms with Crippen molar-refractivity contribution in [3.63, 3.8) is 0 Å². The molecule has 2 heterocycles. The Bertz CT molecular complexity index is 1370. The molecule has 0 spiro atoms. The third-order valence-corrected chi connectivity index (χ3v) is 7.73. The third-order valence-electron chi connectivity index (χ3n) is 6.68. The van der Waals surface area contributed by atoms with E-state index in [9.17, 15) is 13.2 Å². The molecule has 2 aromatic heterocycles. The molecule has 0 radical (unpaired) electrons. The topological polar surface area (TPSA) is 142 Å². The van der Waals surface area contributed by atoms with Crippen LogP contribution in [0.1, 0.15) is 63.4 Å². The number of aromatic nitrogens is 4. The Morgan fingerprint density at radius 3 is 2.54 bits per heavy atom. The Balaban J connectivity index is 1.37. The number of aryl methyl sites for hydroxylation is 1. The molecule has 0 unspecified atom stereocenters. The summed E-state index contributed by atoms with van der Waals surface area (Å²) in [5, 5.41) is 13.7. The van der Waals surface area contributed by atoms with Gasteiger partial charge in [-0.15, -0.1) is 0 Å². The zero-order chi connectivity index (χ0) is 26.8. The Morgan fingerprint density at radius 1 is 1.16 bits per heavy atom. The monoisotopic (exact) mass is 528 g/mol. The van der Waals surface area contributed by atoms with Crippen LogP contribution in [0.2, 0.25) is 0 Å². The maximum absolute atomic E-state index is 11.9. The van der Waals surface area contributed by atoms with Gasteiger partial charge >= 0.3 is 6.09 Å². The lowest BCUT2D eigenvalue weighted by molar-refractivity contribution is 0.0513. The molecule has 0 aliphatic heterocycles. The van der Waals surface area contributed by atoms with E-state index in [0.717, 1.165) is 48.8 Å². The SMILES string of the molecule is Cc1ccc(Cc2ncc3cnn(C[C@H]4CC[C@H](CNC(=O)OC(C)(C)C)CC4)c3n2)cc1S(N)(=O)=O. The number of benzene rings is 1. The normalized spacial score (nSPS) is 18.6. The lowest BCUT2D eigenvalue weighted by atomic mass is 9.82. The Labute approximate surface area is 218 Å². The van der Waals surface area contributed by atoms with Crippen molar-refractivity contribution in [2.45, 2.75) is 76.8 Å². The highest BCUT2D eigenvalue weighted by Crippen LogP contribution is 2.30. The van der Waals surface area contributed by atoms with Gasteiger partial charge in [0.15, 0.2) is 5.65 Å². The van der Waals surface area contributed by atoms with Crippen LogP contribution in [0, 0.1) is 18.8 Å². The van der Waals surface area contributed by atoms with Gasteiger partial charge in [0.25, 0.3) is 0 Å². The van der Waals surface area contributed by atoms with Crippen LogP contribution in [-0.2, 0) is 27.7 Å². The lowest BCUT2D eigenvalue weighted by Crippen LogP contribution is -2.36. The van der Waals surface area contributed by atoms with E-state index < -0.39 is 15.6 Å². The number of amides is 1. The molecule has 1 amide bonds. The molecule has 1 fully saturated rings. The quantitative estimate of drug-likeness (QED) is 0.476. The highest BCUT2D eigenvalue weighted by molar-refractivity contribution is 7.89. The smallest absolute Gasteiger partial charge is 0.407 e. The first-order valence-corrected chi connectivity index (χ1v) is 14.2. The minimum atomic E-state index is -3.80. The third kappa shape index (κ3) is 7.26. The standard InChI is InChI=1S/C26H36N6O4S/c1-17-5-6-20(11-22(17)37(27,34)35)12-23-28-14-21-15-30-32(24(21)31-23)16-19-9-7-18(8-10-19)13-29-25(33)36-26(2,3)4/h5-6,11,14-15,18-19H,7-10,12-13,16H2,1-4H3,(H,29,33)(H2,27,34,35)/t18-,19-.